The monoisotopic (exact) mass is 518 g/mol. The molecule has 2 N–H and O–H groups in total. The van der Waals surface area contributed by atoms with Gasteiger partial charge in [0.15, 0.2) is 0 Å². The van der Waals surface area contributed by atoms with Crippen LogP contribution in [0.1, 0.15) is 41.7 Å². The van der Waals surface area contributed by atoms with E-state index in [0.717, 1.165) is 6.07 Å². The number of aromatic nitrogens is 2. The Morgan fingerprint density at radius 3 is 2.61 bits per heavy atom. The van der Waals surface area contributed by atoms with Gasteiger partial charge in [-0.1, -0.05) is 17.7 Å². The number of fused-ring (bicyclic) bond motifs is 2. The first-order chi connectivity index (χ1) is 17.1. The molecule has 188 valence electrons. The van der Waals surface area contributed by atoms with E-state index in [0.29, 0.717) is 47.3 Å². The summed E-state index contributed by atoms with van der Waals surface area (Å²) in [5.41, 5.74) is 0.487. The van der Waals surface area contributed by atoms with Gasteiger partial charge in [0.05, 0.1) is 11.1 Å². The third-order valence-corrected chi connectivity index (χ3v) is 7.13. The van der Waals surface area contributed by atoms with Crippen molar-refractivity contribution >= 4 is 45.0 Å². The normalized spacial score (nSPS) is 18.5. The molecule has 1 aliphatic carbocycles. The van der Waals surface area contributed by atoms with Crippen LogP contribution < -0.4 is 10.2 Å². The molecule has 0 bridgehead atoms. The van der Waals surface area contributed by atoms with Crippen molar-refractivity contribution in [3.63, 3.8) is 0 Å². The average Bonchev–Trinajstić information content (AvgIpc) is 3.29. The van der Waals surface area contributed by atoms with Gasteiger partial charge in [0.1, 0.15) is 11.5 Å². The van der Waals surface area contributed by atoms with Crippen LogP contribution in [0.5, 0.6) is 0 Å². The number of hydrogen-bond acceptors (Lipinski definition) is 3. The zero-order chi connectivity index (χ0) is 25.6. The number of nitrogens with zero attached hydrogens (tertiary/aromatic N) is 2. The molecule has 1 fully saturated rings. The number of benzene rings is 2. The van der Waals surface area contributed by atoms with Crippen LogP contribution in [0.3, 0.4) is 0 Å². The molecular weight excluding hydrogens is 496 g/mol. The van der Waals surface area contributed by atoms with E-state index in [-0.39, 0.29) is 34.5 Å². The molecule has 0 atom stereocenters. The van der Waals surface area contributed by atoms with E-state index >= 15 is 0 Å². The molecule has 0 radical (unpaired) electrons. The Morgan fingerprint density at radius 2 is 1.89 bits per heavy atom. The lowest BCUT2D eigenvalue weighted by atomic mass is 9.89. The van der Waals surface area contributed by atoms with Crippen LogP contribution in [0.15, 0.2) is 48.7 Å². The van der Waals surface area contributed by atoms with Crippen molar-refractivity contribution in [3.05, 3.63) is 70.8 Å². The number of carbonyl (C=O) groups excluding carboxylic acids is 1. The predicted octanol–water partition coefficient (Wildman–Crippen LogP) is 6.70. The molecule has 1 saturated carbocycles. The zero-order valence-electron chi connectivity index (χ0n) is 19.3. The van der Waals surface area contributed by atoms with Crippen molar-refractivity contribution in [2.75, 3.05) is 11.9 Å². The predicted molar refractivity (Wildman–Crippen MR) is 132 cm³/mol. The van der Waals surface area contributed by atoms with Crippen LogP contribution in [0.2, 0.25) is 5.02 Å². The number of rotatable bonds is 4. The second kappa shape index (κ2) is 9.28. The second-order valence-electron chi connectivity index (χ2n) is 9.14. The molecule has 2 heterocycles. The van der Waals surface area contributed by atoms with Crippen LogP contribution in [0, 0.1) is 5.82 Å². The van der Waals surface area contributed by atoms with Crippen LogP contribution >= 0.6 is 11.6 Å². The summed E-state index contributed by atoms with van der Waals surface area (Å²) in [6.07, 6.45) is -0.471. The molecule has 10 heteroatoms. The molecule has 36 heavy (non-hydrogen) atoms. The number of pyridine rings is 1. The number of halogens is 5. The SMILES string of the molecule is CN(c1cc(C(F)(F)F)nc2ccc(Cl)cc12)[C@H]1CC[C@@H](NC(=O)c2c[nH]c3cccc(F)c23)CC1. The average molecular weight is 519 g/mol. The highest BCUT2D eigenvalue weighted by molar-refractivity contribution is 6.31. The van der Waals surface area contributed by atoms with Crippen molar-refractivity contribution < 1.29 is 22.4 Å². The molecule has 0 aliphatic heterocycles. The summed E-state index contributed by atoms with van der Waals surface area (Å²) in [4.78, 5) is 21.4. The molecular formula is C26H23ClF4N4O. The van der Waals surface area contributed by atoms with Crippen molar-refractivity contribution in [3.8, 4) is 0 Å². The Morgan fingerprint density at radius 1 is 1.14 bits per heavy atom. The fourth-order valence-corrected chi connectivity index (χ4v) is 5.18. The summed E-state index contributed by atoms with van der Waals surface area (Å²) < 4.78 is 54.8. The Bertz CT molecular complexity index is 1440. The van der Waals surface area contributed by atoms with Gasteiger partial charge in [-0.05, 0) is 62.1 Å². The van der Waals surface area contributed by atoms with Gasteiger partial charge in [0.2, 0.25) is 0 Å². The number of H-pyrrole nitrogens is 1. The smallest absolute Gasteiger partial charge is 0.371 e. The Hall–Kier alpha value is -3.33. The van der Waals surface area contributed by atoms with Gasteiger partial charge in [-0.2, -0.15) is 13.2 Å². The van der Waals surface area contributed by atoms with Crippen LogP contribution in [0.4, 0.5) is 23.2 Å². The van der Waals surface area contributed by atoms with Gasteiger partial charge in [-0.25, -0.2) is 9.37 Å². The fraction of sp³-hybridized carbons (Fsp3) is 0.308. The van der Waals surface area contributed by atoms with E-state index in [4.69, 9.17) is 11.6 Å². The number of aromatic amines is 1. The fourth-order valence-electron chi connectivity index (χ4n) is 5.00. The maximum absolute atomic E-state index is 14.3. The highest BCUT2D eigenvalue weighted by Crippen LogP contribution is 2.37. The highest BCUT2D eigenvalue weighted by Gasteiger charge is 2.35. The van der Waals surface area contributed by atoms with E-state index in [1.807, 2.05) is 4.90 Å². The van der Waals surface area contributed by atoms with Crippen LogP contribution in [-0.2, 0) is 6.18 Å². The zero-order valence-corrected chi connectivity index (χ0v) is 20.1. The molecule has 0 saturated heterocycles. The van der Waals surface area contributed by atoms with Crippen LogP contribution in [0.25, 0.3) is 21.8 Å². The topological polar surface area (TPSA) is 61.0 Å². The van der Waals surface area contributed by atoms with Crippen molar-refractivity contribution in [2.24, 2.45) is 0 Å². The minimum atomic E-state index is -4.58. The van der Waals surface area contributed by atoms with E-state index in [1.54, 1.807) is 25.2 Å². The Balaban J connectivity index is 1.32. The van der Waals surface area contributed by atoms with Gasteiger partial charge < -0.3 is 15.2 Å². The summed E-state index contributed by atoms with van der Waals surface area (Å²) in [6, 6.07) is 10.1. The number of anilines is 1. The first-order valence-corrected chi connectivity index (χ1v) is 12.0. The van der Waals surface area contributed by atoms with Crippen molar-refractivity contribution in [2.45, 2.75) is 43.9 Å². The molecule has 4 aromatic rings. The molecule has 5 nitrogen and oxygen atoms in total. The van der Waals surface area contributed by atoms with Gasteiger partial charge >= 0.3 is 6.18 Å². The van der Waals surface area contributed by atoms with Gasteiger partial charge in [-0.3, -0.25) is 4.79 Å². The number of carbonyl (C=O) groups is 1. The number of nitrogens with one attached hydrogen (secondary N) is 2. The Kier molecular flexibility index (Phi) is 6.28. The highest BCUT2D eigenvalue weighted by atomic mass is 35.5. The quantitative estimate of drug-likeness (QED) is 0.295. The molecule has 1 amide bonds. The van der Waals surface area contributed by atoms with Crippen molar-refractivity contribution in [1.29, 1.82) is 0 Å². The minimum absolute atomic E-state index is 0.0330. The maximum Gasteiger partial charge on any atom is 0.433 e. The molecule has 0 unspecified atom stereocenters. The summed E-state index contributed by atoms with van der Waals surface area (Å²) >= 11 is 6.13. The molecule has 0 spiro atoms. The van der Waals surface area contributed by atoms with E-state index in [1.165, 1.54) is 24.4 Å². The van der Waals surface area contributed by atoms with E-state index in [2.05, 4.69) is 15.3 Å². The third kappa shape index (κ3) is 4.59. The lowest BCUT2D eigenvalue weighted by molar-refractivity contribution is -0.140. The van der Waals surface area contributed by atoms with Crippen LogP contribution in [-0.4, -0.2) is 35.0 Å². The van der Waals surface area contributed by atoms with Gasteiger partial charge in [-0.15, -0.1) is 0 Å². The molecule has 1 aliphatic rings. The van der Waals surface area contributed by atoms with Gasteiger partial charge in [0, 0.05) is 52.3 Å². The standard InChI is InChI=1S/C26H23ClF4N4O/c1-35(22-12-23(26(29,30)31)34-20-10-5-14(27)11-17(20)22)16-8-6-15(7-9-16)33-25(36)18-13-32-21-4-2-3-19(28)24(18)21/h2-5,10-13,15-16,32H,6-9H2,1H3,(H,33,36)/t15-,16+. The first kappa shape index (κ1) is 24.4. The third-order valence-electron chi connectivity index (χ3n) is 6.90. The molecule has 2 aromatic carbocycles. The summed E-state index contributed by atoms with van der Waals surface area (Å²) in [6.45, 7) is 0. The minimum Gasteiger partial charge on any atom is -0.371 e. The summed E-state index contributed by atoms with van der Waals surface area (Å²) in [5, 5.41) is 4.21. The summed E-state index contributed by atoms with van der Waals surface area (Å²) in [7, 11) is 1.77. The lowest BCUT2D eigenvalue weighted by Gasteiger charge is -2.37. The van der Waals surface area contributed by atoms with E-state index in [9.17, 15) is 22.4 Å². The van der Waals surface area contributed by atoms with Crippen molar-refractivity contribution in [1.82, 2.24) is 15.3 Å². The summed E-state index contributed by atoms with van der Waals surface area (Å²) in [5.74, 6) is -0.820. The largest absolute Gasteiger partial charge is 0.433 e. The lowest BCUT2D eigenvalue weighted by Crippen LogP contribution is -2.43. The Labute approximate surface area is 209 Å². The second-order valence-corrected chi connectivity index (χ2v) is 9.58. The maximum atomic E-state index is 14.3. The number of alkyl halides is 3. The molecule has 5 rings (SSSR count). The number of amides is 1. The first-order valence-electron chi connectivity index (χ1n) is 11.6. The molecule has 2 aromatic heterocycles. The van der Waals surface area contributed by atoms with Gasteiger partial charge in [0.25, 0.3) is 5.91 Å². The number of hydrogen-bond donors (Lipinski definition) is 2. The van der Waals surface area contributed by atoms with E-state index < -0.39 is 17.7 Å².